The molecule has 0 spiro atoms. The average molecular weight is 295 g/mol. The van der Waals surface area contributed by atoms with Crippen LogP contribution in [0, 0.1) is 0 Å². The number of anilines is 1. The van der Waals surface area contributed by atoms with Gasteiger partial charge < -0.3 is 10.5 Å². The van der Waals surface area contributed by atoms with E-state index >= 15 is 0 Å². The molecule has 1 aliphatic rings. The molecule has 110 valence electrons. The maximum absolute atomic E-state index is 12.2. The molecule has 0 aliphatic carbocycles. The number of nitrogens with zero attached hydrogens (tertiary/aromatic N) is 2. The van der Waals surface area contributed by atoms with Crippen LogP contribution >= 0.6 is 11.8 Å². The van der Waals surface area contributed by atoms with Crippen molar-refractivity contribution in [3.05, 3.63) is 22.5 Å². The summed E-state index contributed by atoms with van der Waals surface area (Å²) in [4.78, 5) is 16.6. The Bertz CT molecular complexity index is 579. The first-order valence-electron chi connectivity index (χ1n) is 6.81. The van der Waals surface area contributed by atoms with Gasteiger partial charge in [-0.05, 0) is 26.7 Å². The van der Waals surface area contributed by atoms with E-state index in [4.69, 9.17) is 10.5 Å². The molecule has 5 nitrogen and oxygen atoms in total. The minimum atomic E-state index is -0.202. The number of ether oxygens (including phenoxy) is 1. The molecule has 0 unspecified atom stereocenters. The predicted octanol–water partition coefficient (Wildman–Crippen LogP) is 2.44. The number of fused-ring (bicyclic) bond motifs is 1. The number of nitrogens with two attached hydrogens (primary N) is 1. The molecule has 0 amide bonds. The van der Waals surface area contributed by atoms with Crippen LogP contribution in [0.1, 0.15) is 33.6 Å². The Hall–Kier alpha value is -1.43. The zero-order valence-electron chi connectivity index (χ0n) is 12.2. The number of hydrogen-bond acceptors (Lipinski definition) is 5. The van der Waals surface area contributed by atoms with Crippen LogP contribution in [0.15, 0.2) is 22.1 Å². The number of thioether (sulfide) groups is 1. The van der Waals surface area contributed by atoms with Crippen molar-refractivity contribution in [2.45, 2.75) is 50.1 Å². The third kappa shape index (κ3) is 3.17. The van der Waals surface area contributed by atoms with Crippen molar-refractivity contribution in [2.75, 3.05) is 12.3 Å². The third-order valence-corrected chi connectivity index (χ3v) is 4.14. The van der Waals surface area contributed by atoms with Gasteiger partial charge in [0.05, 0.1) is 6.61 Å². The maximum atomic E-state index is 12.2. The summed E-state index contributed by atoms with van der Waals surface area (Å²) in [6.07, 6.45) is 5.92. The summed E-state index contributed by atoms with van der Waals surface area (Å²) in [6.45, 7) is 7.35. The summed E-state index contributed by atoms with van der Waals surface area (Å²) in [5, 5.41) is 0.688. The standard InChI is InChI=1S/C14H21N3O2S/c1-4-5-6-7-8-19-11-10(15)12(18)17-9-14(2,3)20-13(17)16-11/h5-6H,4,7-9,15H2,1-3H3. The summed E-state index contributed by atoms with van der Waals surface area (Å²) < 4.78 is 7.14. The van der Waals surface area contributed by atoms with Gasteiger partial charge in [-0.2, -0.15) is 4.98 Å². The van der Waals surface area contributed by atoms with Crippen molar-refractivity contribution in [3.63, 3.8) is 0 Å². The molecule has 6 heteroatoms. The number of aromatic nitrogens is 2. The van der Waals surface area contributed by atoms with Gasteiger partial charge in [-0.25, -0.2) is 0 Å². The third-order valence-electron chi connectivity index (χ3n) is 2.97. The number of hydrogen-bond donors (Lipinski definition) is 1. The summed E-state index contributed by atoms with van der Waals surface area (Å²) >= 11 is 1.58. The molecule has 2 rings (SSSR count). The van der Waals surface area contributed by atoms with Gasteiger partial charge in [0.15, 0.2) is 10.8 Å². The van der Waals surface area contributed by atoms with Crippen molar-refractivity contribution in [1.29, 1.82) is 0 Å². The molecule has 0 fully saturated rings. The lowest BCUT2D eigenvalue weighted by Gasteiger charge is -2.12. The second kappa shape index (κ2) is 5.91. The van der Waals surface area contributed by atoms with Crippen molar-refractivity contribution < 1.29 is 4.74 Å². The summed E-state index contributed by atoms with van der Waals surface area (Å²) in [5.74, 6) is 0.261. The Morgan fingerprint density at radius 3 is 2.95 bits per heavy atom. The molecule has 0 radical (unpaired) electrons. The Kier molecular flexibility index (Phi) is 4.42. The van der Waals surface area contributed by atoms with Crippen LogP contribution in [-0.2, 0) is 6.54 Å². The fourth-order valence-electron chi connectivity index (χ4n) is 2.03. The first-order valence-corrected chi connectivity index (χ1v) is 7.63. The van der Waals surface area contributed by atoms with Crippen molar-refractivity contribution in [2.24, 2.45) is 0 Å². The first-order chi connectivity index (χ1) is 9.44. The number of rotatable bonds is 5. The minimum absolute atomic E-state index is 0.0336. The Morgan fingerprint density at radius 1 is 1.50 bits per heavy atom. The van der Waals surface area contributed by atoms with Crippen LogP contribution in [-0.4, -0.2) is 20.9 Å². The van der Waals surface area contributed by atoms with Crippen LogP contribution in [0.4, 0.5) is 5.69 Å². The van der Waals surface area contributed by atoms with Crippen molar-refractivity contribution in [3.8, 4) is 5.88 Å². The first kappa shape index (κ1) is 15.0. The van der Waals surface area contributed by atoms with Gasteiger partial charge in [0.25, 0.3) is 5.56 Å². The topological polar surface area (TPSA) is 70.1 Å². The quantitative estimate of drug-likeness (QED) is 0.513. The highest BCUT2D eigenvalue weighted by Crippen LogP contribution is 2.39. The van der Waals surface area contributed by atoms with E-state index in [2.05, 4.69) is 31.8 Å². The molecule has 0 aromatic carbocycles. The SMILES string of the molecule is CCC=CCCOc1nc2n(c(=O)c1N)CC(C)(C)S2. The van der Waals surface area contributed by atoms with Crippen LogP contribution in [0.5, 0.6) is 5.88 Å². The van der Waals surface area contributed by atoms with E-state index in [1.165, 1.54) is 0 Å². The van der Waals surface area contributed by atoms with E-state index in [1.807, 2.05) is 6.08 Å². The molecule has 0 bridgehead atoms. The molecule has 20 heavy (non-hydrogen) atoms. The molecular formula is C14H21N3O2S. The van der Waals surface area contributed by atoms with Crippen molar-refractivity contribution >= 4 is 17.4 Å². The van der Waals surface area contributed by atoms with E-state index in [1.54, 1.807) is 16.3 Å². The lowest BCUT2D eigenvalue weighted by atomic mass is 10.2. The summed E-state index contributed by atoms with van der Waals surface area (Å²) in [6, 6.07) is 0. The second-order valence-electron chi connectivity index (χ2n) is 5.38. The van der Waals surface area contributed by atoms with Gasteiger partial charge in [0.1, 0.15) is 0 Å². The van der Waals surface area contributed by atoms with E-state index in [0.29, 0.717) is 18.3 Å². The van der Waals surface area contributed by atoms with E-state index in [0.717, 1.165) is 12.8 Å². The molecule has 0 saturated heterocycles. The fourth-order valence-corrected chi connectivity index (χ4v) is 3.10. The Balaban J connectivity index is 2.15. The smallest absolute Gasteiger partial charge is 0.281 e. The van der Waals surface area contributed by atoms with E-state index in [-0.39, 0.29) is 21.9 Å². The molecule has 2 heterocycles. The molecule has 1 aliphatic heterocycles. The van der Waals surface area contributed by atoms with Crippen LogP contribution < -0.4 is 16.0 Å². The zero-order valence-corrected chi connectivity index (χ0v) is 13.0. The van der Waals surface area contributed by atoms with Crippen molar-refractivity contribution in [1.82, 2.24) is 9.55 Å². The van der Waals surface area contributed by atoms with Gasteiger partial charge in [-0.15, -0.1) is 0 Å². The average Bonchev–Trinajstić information content (AvgIpc) is 2.70. The molecule has 1 aromatic heterocycles. The normalized spacial score (nSPS) is 16.6. The van der Waals surface area contributed by atoms with E-state index in [9.17, 15) is 4.79 Å². The molecule has 0 saturated carbocycles. The molecule has 1 aromatic rings. The lowest BCUT2D eigenvalue weighted by molar-refractivity contribution is 0.308. The highest BCUT2D eigenvalue weighted by Gasteiger charge is 2.33. The second-order valence-corrected chi connectivity index (χ2v) is 7.06. The number of nitrogen functional groups attached to an aromatic ring is 1. The molecular weight excluding hydrogens is 274 g/mol. The molecule has 2 N–H and O–H groups in total. The zero-order chi connectivity index (χ0) is 14.8. The van der Waals surface area contributed by atoms with Crippen LogP contribution in [0.2, 0.25) is 0 Å². The highest BCUT2D eigenvalue weighted by atomic mass is 32.2. The number of allylic oxidation sites excluding steroid dienone is 1. The van der Waals surface area contributed by atoms with Gasteiger partial charge in [0.2, 0.25) is 5.88 Å². The predicted molar refractivity (Wildman–Crippen MR) is 82.4 cm³/mol. The summed E-state index contributed by atoms with van der Waals surface area (Å²) in [5.41, 5.74) is 5.74. The Morgan fingerprint density at radius 2 is 2.25 bits per heavy atom. The minimum Gasteiger partial charge on any atom is -0.476 e. The maximum Gasteiger partial charge on any atom is 0.281 e. The van der Waals surface area contributed by atoms with Crippen LogP contribution in [0.25, 0.3) is 0 Å². The van der Waals surface area contributed by atoms with Gasteiger partial charge in [-0.1, -0.05) is 30.8 Å². The Labute approximate surface area is 123 Å². The van der Waals surface area contributed by atoms with Gasteiger partial charge in [0, 0.05) is 11.3 Å². The largest absolute Gasteiger partial charge is 0.476 e. The molecule has 0 atom stereocenters. The van der Waals surface area contributed by atoms with E-state index < -0.39 is 0 Å². The fraction of sp³-hybridized carbons (Fsp3) is 0.571. The lowest BCUT2D eigenvalue weighted by Crippen LogP contribution is -2.27. The van der Waals surface area contributed by atoms with Crippen LogP contribution in [0.3, 0.4) is 0 Å². The van der Waals surface area contributed by atoms with Gasteiger partial charge >= 0.3 is 0 Å². The monoisotopic (exact) mass is 295 g/mol. The van der Waals surface area contributed by atoms with Gasteiger partial charge in [-0.3, -0.25) is 9.36 Å². The summed E-state index contributed by atoms with van der Waals surface area (Å²) in [7, 11) is 0. The highest BCUT2D eigenvalue weighted by molar-refractivity contribution is 8.00.